The molecule has 0 unspecified atom stereocenters. The molecule has 1 fully saturated rings. The van der Waals surface area contributed by atoms with Crippen molar-refractivity contribution in [3.05, 3.63) is 59.0 Å². The van der Waals surface area contributed by atoms with Gasteiger partial charge in [-0.15, -0.1) is 0 Å². The van der Waals surface area contributed by atoms with Crippen LogP contribution in [0.1, 0.15) is 46.1 Å². The molecular weight excluding hydrogens is 288 g/mol. The first-order valence-corrected chi connectivity index (χ1v) is 7.85. The number of hydrogen-bond acceptors (Lipinski definition) is 3. The van der Waals surface area contributed by atoms with Crippen LogP contribution in [0.3, 0.4) is 0 Å². The second-order valence-electron chi connectivity index (χ2n) is 6.21. The van der Waals surface area contributed by atoms with Crippen LogP contribution in [0.5, 0.6) is 0 Å². The van der Waals surface area contributed by atoms with E-state index in [0.29, 0.717) is 11.6 Å². The van der Waals surface area contributed by atoms with Crippen LogP contribution in [-0.4, -0.2) is 20.5 Å². The number of carbonyl (C=O) groups excluding carboxylic acids is 1. The first kappa shape index (κ1) is 13.9. The van der Waals surface area contributed by atoms with Crippen LogP contribution < -0.4 is 5.32 Å². The van der Waals surface area contributed by atoms with Gasteiger partial charge in [-0.1, -0.05) is 17.7 Å². The molecule has 4 rings (SSSR count). The predicted molar refractivity (Wildman–Crippen MR) is 88.8 cm³/mol. The Morgan fingerprint density at radius 1 is 1.22 bits per heavy atom. The van der Waals surface area contributed by atoms with Crippen LogP contribution in [0.25, 0.3) is 5.65 Å². The Kier molecular flexibility index (Phi) is 3.15. The summed E-state index contributed by atoms with van der Waals surface area (Å²) in [5.41, 5.74) is 5.29. The van der Waals surface area contributed by atoms with E-state index in [1.165, 1.54) is 5.56 Å². The number of anilines is 1. The van der Waals surface area contributed by atoms with Crippen molar-refractivity contribution in [2.45, 2.75) is 32.6 Å². The zero-order valence-corrected chi connectivity index (χ0v) is 13.2. The maximum Gasteiger partial charge on any atom is 0.274 e. The third-order valence-electron chi connectivity index (χ3n) is 4.25. The molecule has 5 nitrogen and oxygen atoms in total. The number of aryl methyl sites for hydroxylation is 2. The van der Waals surface area contributed by atoms with Crippen LogP contribution in [0.15, 0.2) is 36.5 Å². The summed E-state index contributed by atoms with van der Waals surface area (Å²) in [6, 6.07) is 9.68. The van der Waals surface area contributed by atoms with E-state index in [1.807, 2.05) is 42.6 Å². The number of nitrogens with zero attached hydrogens (tertiary/aromatic N) is 3. The Morgan fingerprint density at radius 3 is 2.78 bits per heavy atom. The molecule has 0 atom stereocenters. The van der Waals surface area contributed by atoms with E-state index >= 15 is 0 Å². The Labute approximate surface area is 134 Å². The molecule has 1 N–H and O–H groups in total. The van der Waals surface area contributed by atoms with Crippen molar-refractivity contribution in [2.24, 2.45) is 0 Å². The van der Waals surface area contributed by atoms with Crippen LogP contribution >= 0.6 is 0 Å². The van der Waals surface area contributed by atoms with Gasteiger partial charge < -0.3 is 5.32 Å². The molecule has 1 aliphatic carbocycles. The van der Waals surface area contributed by atoms with Crippen molar-refractivity contribution in [1.29, 1.82) is 0 Å². The van der Waals surface area contributed by atoms with E-state index in [0.717, 1.165) is 35.4 Å². The summed E-state index contributed by atoms with van der Waals surface area (Å²) in [7, 11) is 0. The molecular formula is C18H18N4O. The highest BCUT2D eigenvalue weighted by Gasteiger charge is 2.28. The number of aromatic nitrogens is 3. The summed E-state index contributed by atoms with van der Waals surface area (Å²) in [6.07, 6.45) is 4.02. The predicted octanol–water partition coefficient (Wildman–Crippen LogP) is 3.48. The maximum absolute atomic E-state index is 12.6. The van der Waals surface area contributed by atoms with Crippen LogP contribution in [-0.2, 0) is 0 Å². The molecule has 1 amide bonds. The van der Waals surface area contributed by atoms with E-state index in [9.17, 15) is 4.79 Å². The van der Waals surface area contributed by atoms with Crippen molar-refractivity contribution in [3.63, 3.8) is 0 Å². The van der Waals surface area contributed by atoms with Crippen molar-refractivity contribution < 1.29 is 4.79 Å². The van der Waals surface area contributed by atoms with Crippen molar-refractivity contribution in [1.82, 2.24) is 14.6 Å². The zero-order valence-electron chi connectivity index (χ0n) is 13.2. The lowest BCUT2D eigenvalue weighted by molar-refractivity contribution is 0.102. The molecule has 0 radical (unpaired) electrons. The molecule has 2 heterocycles. The fourth-order valence-corrected chi connectivity index (χ4v) is 2.86. The lowest BCUT2D eigenvalue weighted by atomic mass is 10.1. The topological polar surface area (TPSA) is 59.3 Å². The van der Waals surface area contributed by atoms with Gasteiger partial charge in [0, 0.05) is 23.4 Å². The quantitative estimate of drug-likeness (QED) is 0.806. The van der Waals surface area contributed by atoms with E-state index in [1.54, 1.807) is 6.20 Å². The second kappa shape index (κ2) is 5.19. The molecule has 0 aliphatic heterocycles. The summed E-state index contributed by atoms with van der Waals surface area (Å²) in [5.74, 6) is 0.315. The molecule has 1 saturated carbocycles. The smallest absolute Gasteiger partial charge is 0.274 e. The van der Waals surface area contributed by atoms with Gasteiger partial charge >= 0.3 is 0 Å². The minimum absolute atomic E-state index is 0.178. The van der Waals surface area contributed by atoms with Crippen molar-refractivity contribution in [3.8, 4) is 0 Å². The first-order chi connectivity index (χ1) is 11.1. The summed E-state index contributed by atoms with van der Waals surface area (Å²) >= 11 is 0. The Bertz CT molecular complexity index is 909. The molecule has 2 aromatic heterocycles. The lowest BCUT2D eigenvalue weighted by Gasteiger charge is -2.10. The number of carbonyl (C=O) groups is 1. The normalized spacial score (nSPS) is 14.2. The molecule has 1 aromatic carbocycles. The molecule has 116 valence electrons. The highest BCUT2D eigenvalue weighted by atomic mass is 16.1. The average molecular weight is 306 g/mol. The van der Waals surface area contributed by atoms with E-state index in [-0.39, 0.29) is 5.91 Å². The van der Waals surface area contributed by atoms with Gasteiger partial charge in [-0.05, 0) is 44.4 Å². The zero-order chi connectivity index (χ0) is 16.0. The third kappa shape index (κ3) is 2.59. The summed E-state index contributed by atoms with van der Waals surface area (Å²) in [5, 5.41) is 7.28. The number of benzene rings is 1. The highest BCUT2D eigenvalue weighted by molar-refractivity contribution is 6.03. The second-order valence-corrected chi connectivity index (χ2v) is 6.21. The van der Waals surface area contributed by atoms with Crippen molar-refractivity contribution in [2.75, 3.05) is 5.32 Å². The number of fused-ring (bicyclic) bond motifs is 1. The van der Waals surface area contributed by atoms with Crippen LogP contribution in [0.4, 0.5) is 5.69 Å². The molecule has 0 bridgehead atoms. The Morgan fingerprint density at radius 2 is 2.04 bits per heavy atom. The van der Waals surface area contributed by atoms with Gasteiger partial charge in [-0.2, -0.15) is 5.10 Å². The number of amides is 1. The third-order valence-corrected chi connectivity index (χ3v) is 4.25. The standard InChI is InChI=1S/C18H18N4O/c1-11-3-6-14(12(2)9-11)21-18(23)15-10-16(13-4-5-13)22-17(20-15)7-8-19-22/h3,6-10,13H,4-5H2,1-2H3,(H,21,23). The SMILES string of the molecule is Cc1ccc(NC(=O)c2cc(C3CC3)n3nccc3n2)c(C)c1. The summed E-state index contributed by atoms with van der Waals surface area (Å²) in [6.45, 7) is 4.03. The molecule has 5 heteroatoms. The minimum atomic E-state index is -0.178. The number of nitrogens with one attached hydrogen (secondary N) is 1. The van der Waals surface area contributed by atoms with Gasteiger partial charge in [-0.25, -0.2) is 9.50 Å². The van der Waals surface area contributed by atoms with Gasteiger partial charge in [-0.3, -0.25) is 4.79 Å². The summed E-state index contributed by atoms with van der Waals surface area (Å²) in [4.78, 5) is 17.0. The first-order valence-electron chi connectivity index (χ1n) is 7.85. The van der Waals surface area contributed by atoms with Crippen molar-refractivity contribution >= 4 is 17.2 Å². The average Bonchev–Trinajstić information content (AvgIpc) is 3.26. The molecule has 1 aliphatic rings. The largest absolute Gasteiger partial charge is 0.320 e. The molecule has 3 aromatic rings. The Balaban J connectivity index is 1.69. The van der Waals surface area contributed by atoms with E-state index in [2.05, 4.69) is 21.5 Å². The van der Waals surface area contributed by atoms with Crippen LogP contribution in [0, 0.1) is 13.8 Å². The van der Waals surface area contributed by atoms with E-state index < -0.39 is 0 Å². The molecule has 23 heavy (non-hydrogen) atoms. The van der Waals surface area contributed by atoms with Gasteiger partial charge in [0.25, 0.3) is 5.91 Å². The summed E-state index contributed by atoms with van der Waals surface area (Å²) < 4.78 is 1.84. The molecule has 0 saturated heterocycles. The molecule has 0 spiro atoms. The van der Waals surface area contributed by atoms with E-state index in [4.69, 9.17) is 0 Å². The fourth-order valence-electron chi connectivity index (χ4n) is 2.86. The maximum atomic E-state index is 12.6. The van der Waals surface area contributed by atoms with Gasteiger partial charge in [0.05, 0.1) is 6.20 Å². The monoisotopic (exact) mass is 306 g/mol. The minimum Gasteiger partial charge on any atom is -0.320 e. The fraction of sp³-hybridized carbons (Fsp3) is 0.278. The Hall–Kier alpha value is -2.69. The van der Waals surface area contributed by atoms with Gasteiger partial charge in [0.1, 0.15) is 5.69 Å². The van der Waals surface area contributed by atoms with Gasteiger partial charge in [0.15, 0.2) is 5.65 Å². The number of rotatable bonds is 3. The highest BCUT2D eigenvalue weighted by Crippen LogP contribution is 2.40. The number of hydrogen-bond donors (Lipinski definition) is 1. The van der Waals surface area contributed by atoms with Crippen LogP contribution in [0.2, 0.25) is 0 Å². The van der Waals surface area contributed by atoms with Gasteiger partial charge in [0.2, 0.25) is 0 Å². The lowest BCUT2D eigenvalue weighted by Crippen LogP contribution is -2.16.